The molecule has 3 aromatic rings. The van der Waals surface area contributed by atoms with Crippen LogP contribution in [0.2, 0.25) is 0 Å². The van der Waals surface area contributed by atoms with Crippen LogP contribution in [0.15, 0.2) is 53.4 Å². The minimum atomic E-state index is -4.55. The van der Waals surface area contributed by atoms with Gasteiger partial charge in [-0.3, -0.25) is 0 Å². The van der Waals surface area contributed by atoms with Crippen LogP contribution < -0.4 is 45.5 Å². The molecule has 3 aromatic carbocycles. The Hall–Kier alpha value is -1.000. The fourth-order valence-corrected chi connectivity index (χ4v) is 7.59. The van der Waals surface area contributed by atoms with E-state index in [-0.39, 0.29) is 34.5 Å². The van der Waals surface area contributed by atoms with Crippen molar-refractivity contribution in [1.82, 2.24) is 0 Å². The van der Waals surface area contributed by atoms with Gasteiger partial charge in [-0.2, -0.15) is 0 Å². The molecule has 0 amide bonds. The summed E-state index contributed by atoms with van der Waals surface area (Å²) in [6, 6.07) is 16.3. The Balaban J connectivity index is 0.00000320. The Morgan fingerprint density at radius 1 is 0.667 bits per heavy atom. The Morgan fingerprint density at radius 3 is 1.53 bits per heavy atom. The van der Waals surface area contributed by atoms with Crippen molar-refractivity contribution in [2.75, 3.05) is 0 Å². The van der Waals surface area contributed by atoms with E-state index in [9.17, 15) is 13.0 Å². The topological polar surface area (TPSA) is 57.2 Å². The summed E-state index contributed by atoms with van der Waals surface area (Å²) >= 11 is 0. The molecule has 0 N–H and O–H groups in total. The molecule has 0 atom stereocenters. The molecule has 3 nitrogen and oxygen atoms in total. The van der Waals surface area contributed by atoms with Gasteiger partial charge in [0.1, 0.15) is 10.1 Å². The van der Waals surface area contributed by atoms with E-state index in [1.165, 1.54) is 16.7 Å². The van der Waals surface area contributed by atoms with Crippen molar-refractivity contribution in [3.8, 4) is 0 Å². The predicted molar refractivity (Wildman–Crippen MR) is 122 cm³/mol. The molecule has 0 saturated carbocycles. The van der Waals surface area contributed by atoms with Gasteiger partial charge in [0, 0.05) is 0 Å². The van der Waals surface area contributed by atoms with Gasteiger partial charge in [0.2, 0.25) is 0 Å². The molecular formula is C24H26NaO3PS. The molecule has 0 radical (unpaired) electrons. The molecular weight excluding hydrogens is 422 g/mol. The van der Waals surface area contributed by atoms with Crippen LogP contribution in [0.3, 0.4) is 0 Å². The second kappa shape index (κ2) is 9.65. The zero-order valence-electron chi connectivity index (χ0n) is 18.7. The van der Waals surface area contributed by atoms with Crippen LogP contribution in [-0.2, 0) is 10.1 Å². The Bertz CT molecular complexity index is 1150. The maximum atomic E-state index is 11.9. The predicted octanol–water partition coefficient (Wildman–Crippen LogP) is 1.20. The van der Waals surface area contributed by atoms with Gasteiger partial charge in [-0.25, -0.2) is 8.42 Å². The van der Waals surface area contributed by atoms with E-state index in [1.807, 2.05) is 13.0 Å². The zero-order chi connectivity index (χ0) is 21.5. The average Bonchev–Trinajstić information content (AvgIpc) is 2.62. The third-order valence-electron chi connectivity index (χ3n) is 5.20. The molecule has 0 fully saturated rings. The van der Waals surface area contributed by atoms with Gasteiger partial charge in [-0.15, -0.1) is 0 Å². The van der Waals surface area contributed by atoms with Crippen LogP contribution in [0.5, 0.6) is 0 Å². The van der Waals surface area contributed by atoms with E-state index >= 15 is 0 Å². The maximum absolute atomic E-state index is 11.9. The molecule has 0 heterocycles. The summed E-state index contributed by atoms with van der Waals surface area (Å²) < 4.78 is 35.8. The van der Waals surface area contributed by atoms with Gasteiger partial charge in [-0.1, -0.05) is 53.6 Å². The molecule has 3 rings (SSSR count). The molecule has 0 spiro atoms. The normalized spacial score (nSPS) is 11.5. The molecule has 0 aliphatic rings. The van der Waals surface area contributed by atoms with Gasteiger partial charge in [0.15, 0.2) is 0 Å². The third-order valence-corrected chi connectivity index (χ3v) is 9.03. The van der Waals surface area contributed by atoms with E-state index in [0.717, 1.165) is 33.1 Å². The molecule has 0 aliphatic carbocycles. The molecule has 0 unspecified atom stereocenters. The monoisotopic (exact) mass is 448 g/mol. The summed E-state index contributed by atoms with van der Waals surface area (Å²) in [7, 11) is -5.58. The Kier molecular flexibility index (Phi) is 8.12. The van der Waals surface area contributed by atoms with Gasteiger partial charge < -0.3 is 4.55 Å². The summed E-state index contributed by atoms with van der Waals surface area (Å²) in [5.41, 5.74) is 5.97. The van der Waals surface area contributed by atoms with Crippen LogP contribution in [0.1, 0.15) is 33.4 Å². The van der Waals surface area contributed by atoms with Gasteiger partial charge in [0.25, 0.3) is 0 Å². The van der Waals surface area contributed by atoms with Crippen LogP contribution in [0.25, 0.3) is 0 Å². The second-order valence-electron chi connectivity index (χ2n) is 7.78. The van der Waals surface area contributed by atoms with Crippen LogP contribution in [0.4, 0.5) is 0 Å². The molecule has 0 saturated heterocycles. The zero-order valence-corrected chi connectivity index (χ0v) is 22.4. The van der Waals surface area contributed by atoms with Crippen molar-refractivity contribution in [2.45, 2.75) is 46.4 Å². The van der Waals surface area contributed by atoms with Gasteiger partial charge in [-0.05, 0) is 93.7 Å². The summed E-state index contributed by atoms with van der Waals surface area (Å²) in [4.78, 5) is -0.115. The molecule has 0 aliphatic heterocycles. The van der Waals surface area contributed by atoms with E-state index < -0.39 is 18.0 Å². The van der Waals surface area contributed by atoms with Crippen LogP contribution >= 0.6 is 7.92 Å². The third kappa shape index (κ3) is 5.24. The molecule has 0 aromatic heterocycles. The summed E-state index contributed by atoms with van der Waals surface area (Å²) in [6.07, 6.45) is 0. The number of aryl methyl sites for hydroxylation is 5. The molecule has 30 heavy (non-hydrogen) atoms. The molecule has 0 bridgehead atoms. The van der Waals surface area contributed by atoms with Crippen molar-refractivity contribution in [1.29, 1.82) is 0 Å². The number of hydrogen-bond donors (Lipinski definition) is 0. The van der Waals surface area contributed by atoms with E-state index in [4.69, 9.17) is 0 Å². The second-order valence-corrected chi connectivity index (χ2v) is 11.2. The van der Waals surface area contributed by atoms with E-state index in [2.05, 4.69) is 64.1 Å². The quantitative estimate of drug-likeness (QED) is 0.343. The summed E-state index contributed by atoms with van der Waals surface area (Å²) in [5.74, 6) is 0. The molecule has 6 heteroatoms. The van der Waals surface area contributed by atoms with Crippen molar-refractivity contribution < 1.29 is 42.5 Å². The molecule has 152 valence electrons. The number of hydrogen-bond acceptors (Lipinski definition) is 3. The first-order valence-corrected chi connectivity index (χ1v) is 12.3. The number of benzene rings is 3. The van der Waals surface area contributed by atoms with Crippen LogP contribution in [-0.4, -0.2) is 13.0 Å². The summed E-state index contributed by atoms with van der Waals surface area (Å²) in [6.45, 7) is 11.9. The summed E-state index contributed by atoms with van der Waals surface area (Å²) in [5, 5.41) is 3.31. The number of rotatable bonds is 4. The van der Waals surface area contributed by atoms with Gasteiger partial charge in [0.05, 0.1) is 4.90 Å². The minimum Gasteiger partial charge on any atom is -0.744 e. The SMILES string of the molecule is Cc1ccc(C)c(P(c2cc(C)ccc2C)c2cc(C)cc(S(=O)(=O)[O-])c2C)c1.[Na+]. The van der Waals surface area contributed by atoms with Crippen molar-refractivity contribution in [2.24, 2.45) is 0 Å². The van der Waals surface area contributed by atoms with Crippen molar-refractivity contribution in [3.05, 3.63) is 81.9 Å². The first kappa shape index (κ1) is 25.3. The van der Waals surface area contributed by atoms with E-state index in [1.54, 1.807) is 6.92 Å². The fraction of sp³-hybridized carbons (Fsp3) is 0.250. The van der Waals surface area contributed by atoms with Crippen molar-refractivity contribution in [3.63, 3.8) is 0 Å². The average molecular weight is 449 g/mol. The Labute approximate surface area is 203 Å². The fourth-order valence-electron chi connectivity index (χ4n) is 3.61. The first-order chi connectivity index (χ1) is 13.5. The van der Waals surface area contributed by atoms with Crippen LogP contribution in [0, 0.1) is 41.5 Å². The first-order valence-electron chi connectivity index (χ1n) is 9.51. The largest absolute Gasteiger partial charge is 1.00 e. The smallest absolute Gasteiger partial charge is 0.744 e. The van der Waals surface area contributed by atoms with Gasteiger partial charge >= 0.3 is 29.6 Å². The van der Waals surface area contributed by atoms with Crippen molar-refractivity contribution >= 4 is 34.0 Å². The maximum Gasteiger partial charge on any atom is 1.00 e. The minimum absolute atomic E-state index is 0. The van der Waals surface area contributed by atoms with E-state index in [0.29, 0.717) is 5.56 Å². The Morgan fingerprint density at radius 2 is 1.10 bits per heavy atom. The standard InChI is InChI=1S/C24H27O3PS.Na/c1-15-7-9-18(4)21(11-15)28(22-12-16(2)8-10-19(22)5)23-13-17(3)14-24(20(23)6)29(25,26)27;/h7-14H,1-6H3,(H,25,26,27);/q;+1/p-1.